The van der Waals surface area contributed by atoms with Crippen molar-refractivity contribution in [2.75, 3.05) is 23.4 Å². The lowest BCUT2D eigenvalue weighted by atomic mass is 10.2. The number of nitrogens with zero attached hydrogens (tertiary/aromatic N) is 1. The molecule has 0 bridgehead atoms. The molecule has 1 saturated heterocycles. The maximum absolute atomic E-state index is 13.2. The zero-order chi connectivity index (χ0) is 18.5. The van der Waals surface area contributed by atoms with Crippen LogP contribution in [0, 0.1) is 5.82 Å². The largest absolute Gasteiger partial charge is 0.494 e. The summed E-state index contributed by atoms with van der Waals surface area (Å²) in [5, 5.41) is 5.31. The molecule has 6 nitrogen and oxygen atoms in total. The predicted molar refractivity (Wildman–Crippen MR) is 96.9 cm³/mol. The Balaban J connectivity index is 1.58. The van der Waals surface area contributed by atoms with E-state index in [0.717, 1.165) is 11.4 Å². The lowest BCUT2D eigenvalue weighted by Crippen LogP contribution is -2.39. The Kier molecular flexibility index (Phi) is 5.36. The molecule has 2 aromatic rings. The first-order chi connectivity index (χ1) is 12.5. The van der Waals surface area contributed by atoms with E-state index < -0.39 is 11.8 Å². The number of anilines is 2. The van der Waals surface area contributed by atoms with Crippen molar-refractivity contribution < 1.29 is 18.7 Å². The summed E-state index contributed by atoms with van der Waals surface area (Å²) in [6.07, 6.45) is 0.212. The molecule has 26 heavy (non-hydrogen) atoms. The van der Waals surface area contributed by atoms with Gasteiger partial charge in [-0.05, 0) is 49.4 Å². The molecule has 136 valence electrons. The lowest BCUT2D eigenvalue weighted by Gasteiger charge is -2.18. The van der Waals surface area contributed by atoms with Crippen molar-refractivity contribution in [2.45, 2.75) is 19.4 Å². The Hall–Kier alpha value is -3.09. The molecular formula is C19H20FN3O3. The number of ether oxygens (including phenoxy) is 1. The quantitative estimate of drug-likeness (QED) is 0.864. The van der Waals surface area contributed by atoms with Gasteiger partial charge in [-0.2, -0.15) is 0 Å². The second-order valence-electron chi connectivity index (χ2n) is 5.94. The highest BCUT2D eigenvalue weighted by molar-refractivity contribution is 5.97. The average Bonchev–Trinajstić information content (AvgIpc) is 2.96. The summed E-state index contributed by atoms with van der Waals surface area (Å²) in [7, 11) is 0. The Morgan fingerprint density at radius 1 is 1.27 bits per heavy atom. The van der Waals surface area contributed by atoms with Gasteiger partial charge in [0.05, 0.1) is 12.6 Å². The Morgan fingerprint density at radius 3 is 2.73 bits per heavy atom. The number of nitrogens with one attached hydrogen (secondary N) is 2. The van der Waals surface area contributed by atoms with Crippen molar-refractivity contribution in [2.24, 2.45) is 0 Å². The minimum atomic E-state index is -0.470. The van der Waals surface area contributed by atoms with Gasteiger partial charge in [-0.3, -0.25) is 4.79 Å². The number of carbonyl (C=O) groups is 2. The van der Waals surface area contributed by atoms with Crippen molar-refractivity contribution in [1.82, 2.24) is 5.32 Å². The summed E-state index contributed by atoms with van der Waals surface area (Å²) in [6.45, 7) is 2.86. The van der Waals surface area contributed by atoms with Gasteiger partial charge in [-0.1, -0.05) is 6.07 Å². The van der Waals surface area contributed by atoms with E-state index in [1.54, 1.807) is 11.0 Å². The smallest absolute Gasteiger partial charge is 0.319 e. The number of urea groups is 1. The van der Waals surface area contributed by atoms with E-state index in [-0.39, 0.29) is 18.4 Å². The third kappa shape index (κ3) is 4.30. The minimum Gasteiger partial charge on any atom is -0.494 e. The molecule has 0 radical (unpaired) electrons. The van der Waals surface area contributed by atoms with Crippen LogP contribution in [0.15, 0.2) is 48.5 Å². The summed E-state index contributed by atoms with van der Waals surface area (Å²) >= 11 is 0. The van der Waals surface area contributed by atoms with Gasteiger partial charge in [-0.15, -0.1) is 0 Å². The standard InChI is InChI=1S/C19H20FN3O3/c1-2-26-17-8-6-16(7-9-17)23-12-15(11-18(23)24)22-19(25)21-14-5-3-4-13(20)10-14/h3-10,15H,2,11-12H2,1H3,(H2,21,22,25)/t15-/m1/s1. The molecule has 1 fully saturated rings. The van der Waals surface area contributed by atoms with Crippen LogP contribution < -0.4 is 20.3 Å². The van der Waals surface area contributed by atoms with E-state index in [2.05, 4.69) is 10.6 Å². The first-order valence-corrected chi connectivity index (χ1v) is 8.41. The zero-order valence-corrected chi connectivity index (χ0v) is 14.4. The van der Waals surface area contributed by atoms with E-state index in [9.17, 15) is 14.0 Å². The Labute approximate surface area is 150 Å². The van der Waals surface area contributed by atoms with Crippen LogP contribution in [0.25, 0.3) is 0 Å². The summed E-state index contributed by atoms with van der Waals surface area (Å²) in [4.78, 5) is 25.9. The molecule has 0 aliphatic carbocycles. The molecule has 1 atom stereocenters. The normalized spacial score (nSPS) is 16.5. The van der Waals surface area contributed by atoms with Crippen LogP contribution in [0.3, 0.4) is 0 Å². The van der Waals surface area contributed by atoms with Crippen LogP contribution in [0.5, 0.6) is 5.75 Å². The molecule has 2 aromatic carbocycles. The van der Waals surface area contributed by atoms with E-state index in [0.29, 0.717) is 18.8 Å². The van der Waals surface area contributed by atoms with Crippen molar-refractivity contribution >= 4 is 23.3 Å². The molecule has 7 heteroatoms. The second-order valence-corrected chi connectivity index (χ2v) is 5.94. The first kappa shape index (κ1) is 17.7. The average molecular weight is 357 g/mol. The maximum Gasteiger partial charge on any atom is 0.319 e. The highest BCUT2D eigenvalue weighted by Crippen LogP contribution is 2.24. The van der Waals surface area contributed by atoms with Crippen LogP contribution in [-0.4, -0.2) is 31.1 Å². The fourth-order valence-corrected chi connectivity index (χ4v) is 2.86. The van der Waals surface area contributed by atoms with Gasteiger partial charge in [0.2, 0.25) is 5.91 Å². The highest BCUT2D eigenvalue weighted by atomic mass is 19.1. The van der Waals surface area contributed by atoms with Gasteiger partial charge >= 0.3 is 6.03 Å². The zero-order valence-electron chi connectivity index (χ0n) is 14.4. The SMILES string of the molecule is CCOc1ccc(N2C[C@H](NC(=O)Nc3cccc(F)c3)CC2=O)cc1. The summed E-state index contributed by atoms with van der Waals surface area (Å²) in [6, 6.07) is 12.1. The van der Waals surface area contributed by atoms with E-state index >= 15 is 0 Å². The second kappa shape index (κ2) is 7.86. The fraction of sp³-hybridized carbons (Fsp3) is 0.263. The number of hydrogen-bond acceptors (Lipinski definition) is 3. The van der Waals surface area contributed by atoms with Crippen LogP contribution >= 0.6 is 0 Å². The summed E-state index contributed by atoms with van der Waals surface area (Å²) in [5.74, 6) is 0.248. The molecule has 0 unspecified atom stereocenters. The number of carbonyl (C=O) groups excluding carboxylic acids is 2. The van der Waals surface area contributed by atoms with Crippen molar-refractivity contribution in [1.29, 1.82) is 0 Å². The van der Waals surface area contributed by atoms with Gasteiger partial charge in [0, 0.05) is 24.3 Å². The molecule has 0 aromatic heterocycles. The minimum absolute atomic E-state index is 0.0646. The van der Waals surface area contributed by atoms with E-state index in [1.807, 2.05) is 31.2 Å². The molecular weight excluding hydrogens is 337 g/mol. The Morgan fingerprint density at radius 2 is 2.04 bits per heavy atom. The van der Waals surface area contributed by atoms with Gasteiger partial charge < -0.3 is 20.3 Å². The van der Waals surface area contributed by atoms with Crippen molar-refractivity contribution in [3.8, 4) is 5.75 Å². The van der Waals surface area contributed by atoms with Crippen LogP contribution in [0.2, 0.25) is 0 Å². The topological polar surface area (TPSA) is 70.7 Å². The molecule has 3 rings (SSSR count). The number of benzene rings is 2. The Bertz CT molecular complexity index is 795. The van der Waals surface area contributed by atoms with Gasteiger partial charge in [0.15, 0.2) is 0 Å². The monoisotopic (exact) mass is 357 g/mol. The molecule has 1 heterocycles. The molecule has 3 amide bonds. The van der Waals surface area contributed by atoms with E-state index in [4.69, 9.17) is 4.74 Å². The molecule has 1 aliphatic rings. The predicted octanol–water partition coefficient (Wildman–Crippen LogP) is 3.15. The number of halogens is 1. The van der Waals surface area contributed by atoms with Crippen molar-refractivity contribution in [3.05, 3.63) is 54.3 Å². The van der Waals surface area contributed by atoms with E-state index in [1.165, 1.54) is 18.2 Å². The molecule has 1 aliphatic heterocycles. The lowest BCUT2D eigenvalue weighted by molar-refractivity contribution is -0.117. The third-order valence-corrected chi connectivity index (χ3v) is 4.00. The van der Waals surface area contributed by atoms with Crippen LogP contribution in [0.1, 0.15) is 13.3 Å². The van der Waals surface area contributed by atoms with Gasteiger partial charge in [0.25, 0.3) is 0 Å². The van der Waals surface area contributed by atoms with Crippen molar-refractivity contribution in [3.63, 3.8) is 0 Å². The van der Waals surface area contributed by atoms with Gasteiger partial charge in [0.1, 0.15) is 11.6 Å². The fourth-order valence-electron chi connectivity index (χ4n) is 2.86. The molecule has 0 spiro atoms. The highest BCUT2D eigenvalue weighted by Gasteiger charge is 2.31. The summed E-state index contributed by atoms with van der Waals surface area (Å²) < 4.78 is 18.6. The van der Waals surface area contributed by atoms with Gasteiger partial charge in [-0.25, -0.2) is 9.18 Å². The maximum atomic E-state index is 13.2. The number of hydrogen-bond donors (Lipinski definition) is 2. The molecule has 0 saturated carbocycles. The molecule has 2 N–H and O–H groups in total. The third-order valence-electron chi connectivity index (χ3n) is 4.00. The number of amides is 3. The summed E-state index contributed by atoms with van der Waals surface area (Å²) in [5.41, 5.74) is 1.11. The van der Waals surface area contributed by atoms with Crippen LogP contribution in [-0.2, 0) is 4.79 Å². The number of rotatable bonds is 5. The van der Waals surface area contributed by atoms with Crippen LogP contribution in [0.4, 0.5) is 20.6 Å². The first-order valence-electron chi connectivity index (χ1n) is 8.41.